The van der Waals surface area contributed by atoms with Crippen LogP contribution in [0.1, 0.15) is 68.1 Å². The van der Waals surface area contributed by atoms with E-state index in [0.29, 0.717) is 30.0 Å². The molecule has 4 fully saturated rings. The lowest BCUT2D eigenvalue weighted by Gasteiger charge is -2.40. The van der Waals surface area contributed by atoms with Crippen LogP contribution in [0.25, 0.3) is 0 Å². The molecular formula is C32H36F4N4O. The number of likely N-dealkylation sites (tertiary alicyclic amines) is 1. The van der Waals surface area contributed by atoms with E-state index in [1.165, 1.54) is 24.5 Å². The van der Waals surface area contributed by atoms with Gasteiger partial charge in [-0.1, -0.05) is 12.1 Å². The molecule has 0 bridgehead atoms. The van der Waals surface area contributed by atoms with Crippen LogP contribution in [0.3, 0.4) is 0 Å². The van der Waals surface area contributed by atoms with E-state index in [2.05, 4.69) is 22.4 Å². The number of nitriles is 1. The van der Waals surface area contributed by atoms with Crippen molar-refractivity contribution in [3.05, 3.63) is 65.0 Å². The summed E-state index contributed by atoms with van der Waals surface area (Å²) < 4.78 is 53.9. The van der Waals surface area contributed by atoms with Crippen LogP contribution in [0.4, 0.5) is 28.0 Å². The number of hydrogen-bond acceptors (Lipinski definition) is 3. The van der Waals surface area contributed by atoms with Crippen LogP contribution in [0.15, 0.2) is 42.5 Å². The van der Waals surface area contributed by atoms with Crippen molar-refractivity contribution in [1.82, 2.24) is 9.80 Å². The maximum absolute atomic E-state index is 13.9. The average molecular weight is 569 g/mol. The summed E-state index contributed by atoms with van der Waals surface area (Å²) in [6.07, 6.45) is 3.30. The number of nitrogens with one attached hydrogen (secondary N) is 1. The maximum Gasteiger partial charge on any atom is 0.419 e. The Bertz CT molecular complexity index is 1330. The normalized spacial score (nSPS) is 26.6. The van der Waals surface area contributed by atoms with Gasteiger partial charge in [0.2, 0.25) is 0 Å². The molecule has 41 heavy (non-hydrogen) atoms. The fraction of sp³-hybridized carbons (Fsp3) is 0.562. The molecule has 0 radical (unpaired) electrons. The predicted octanol–water partition coefficient (Wildman–Crippen LogP) is 7.18. The lowest BCUT2D eigenvalue weighted by atomic mass is 9.79. The fourth-order valence-electron chi connectivity index (χ4n) is 7.25. The van der Waals surface area contributed by atoms with Crippen molar-refractivity contribution in [3.63, 3.8) is 0 Å². The zero-order chi connectivity index (χ0) is 28.8. The van der Waals surface area contributed by atoms with Gasteiger partial charge < -0.3 is 15.1 Å². The molecule has 4 aliphatic rings. The Hall–Kier alpha value is -3.12. The summed E-state index contributed by atoms with van der Waals surface area (Å²) in [6, 6.07) is 12.2. The van der Waals surface area contributed by atoms with Gasteiger partial charge in [0.05, 0.1) is 17.2 Å². The summed E-state index contributed by atoms with van der Waals surface area (Å²) in [5, 5.41) is 12.0. The summed E-state index contributed by atoms with van der Waals surface area (Å²) in [7, 11) is 0. The van der Waals surface area contributed by atoms with Crippen molar-refractivity contribution >= 4 is 11.7 Å². The number of urea groups is 1. The van der Waals surface area contributed by atoms with Crippen LogP contribution >= 0.6 is 0 Å². The van der Waals surface area contributed by atoms with E-state index < -0.39 is 23.6 Å². The second-order valence-electron chi connectivity index (χ2n) is 12.6. The minimum atomic E-state index is -4.85. The number of benzene rings is 2. The largest absolute Gasteiger partial charge is 0.419 e. The first-order valence-corrected chi connectivity index (χ1v) is 14.8. The van der Waals surface area contributed by atoms with Gasteiger partial charge >= 0.3 is 12.2 Å². The molecular weight excluding hydrogens is 532 g/mol. The average Bonchev–Trinajstić information content (AvgIpc) is 3.89. The van der Waals surface area contributed by atoms with Gasteiger partial charge in [0.25, 0.3) is 0 Å². The van der Waals surface area contributed by atoms with Crippen molar-refractivity contribution in [1.29, 1.82) is 5.26 Å². The Morgan fingerprint density at radius 3 is 2.54 bits per heavy atom. The number of anilines is 1. The summed E-state index contributed by atoms with van der Waals surface area (Å²) >= 11 is 0. The van der Waals surface area contributed by atoms with Crippen molar-refractivity contribution in [2.75, 3.05) is 31.5 Å². The van der Waals surface area contributed by atoms with Gasteiger partial charge in [-0.15, -0.1) is 0 Å². The fourth-order valence-corrected chi connectivity index (χ4v) is 7.25. The molecule has 3 atom stereocenters. The van der Waals surface area contributed by atoms with Gasteiger partial charge in [0, 0.05) is 24.8 Å². The first-order valence-electron chi connectivity index (χ1n) is 14.8. The number of carbonyl (C=O) groups excluding carboxylic acids is 1. The standard InChI is InChI=1S/C32H36F4N4O/c33-29-7-6-26(16-28(29)32(34,35)36)38-30(41)40(20-22-9-12-39(13-10-22)19-21-4-5-21)27-8-11-31(17-25(31)15-27)24-3-1-2-23(14-24)18-37/h1-3,6-7,14,16,21-22,25,27H,4-5,8-13,15,17,19-20H2,(H,38,41)/t25?,27-,31-/m1/s1. The lowest BCUT2D eigenvalue weighted by molar-refractivity contribution is -0.139. The zero-order valence-corrected chi connectivity index (χ0v) is 23.1. The Morgan fingerprint density at radius 1 is 1.07 bits per heavy atom. The van der Waals surface area contributed by atoms with E-state index in [-0.39, 0.29) is 17.1 Å². The summed E-state index contributed by atoms with van der Waals surface area (Å²) in [6.45, 7) is 3.73. The number of piperidine rings is 1. The first-order chi connectivity index (χ1) is 19.6. The quantitative estimate of drug-likeness (QED) is 0.360. The summed E-state index contributed by atoms with van der Waals surface area (Å²) in [5.41, 5.74) is 0.433. The Balaban J connectivity index is 1.17. The highest BCUT2D eigenvalue weighted by molar-refractivity contribution is 5.89. The minimum Gasteiger partial charge on any atom is -0.321 e. The molecule has 1 heterocycles. The van der Waals surface area contributed by atoms with E-state index >= 15 is 0 Å². The number of hydrogen-bond donors (Lipinski definition) is 1. The summed E-state index contributed by atoms with van der Waals surface area (Å²) in [5.74, 6) is 0.200. The molecule has 2 aromatic rings. The molecule has 6 rings (SSSR count). The third kappa shape index (κ3) is 6.08. The molecule has 218 valence electrons. The Morgan fingerprint density at radius 2 is 1.85 bits per heavy atom. The van der Waals surface area contributed by atoms with E-state index in [9.17, 15) is 27.6 Å². The van der Waals surface area contributed by atoms with Crippen LogP contribution in [-0.4, -0.2) is 48.1 Å². The van der Waals surface area contributed by atoms with Gasteiger partial charge in [-0.3, -0.25) is 0 Å². The highest BCUT2D eigenvalue weighted by Gasteiger charge is 2.58. The number of fused-ring (bicyclic) bond motifs is 1. The van der Waals surface area contributed by atoms with Gasteiger partial charge in [-0.05, 0) is 124 Å². The van der Waals surface area contributed by atoms with Gasteiger partial charge in [0.15, 0.2) is 0 Å². The number of carbonyl (C=O) groups is 1. The Labute approximate surface area is 238 Å². The SMILES string of the molecule is N#Cc1cccc([C@]23CC[C@@H](N(CC4CCN(CC5CC5)CC4)C(=O)Nc4ccc(F)c(C(F)(F)F)c4)CC2C3)c1. The third-order valence-corrected chi connectivity index (χ3v) is 9.88. The van der Waals surface area contributed by atoms with E-state index in [1.54, 1.807) is 0 Å². The zero-order valence-electron chi connectivity index (χ0n) is 23.1. The molecule has 3 saturated carbocycles. The Kier molecular flexibility index (Phi) is 7.48. The van der Waals surface area contributed by atoms with E-state index in [4.69, 9.17) is 0 Å². The number of nitrogens with zero attached hydrogens (tertiary/aromatic N) is 3. The molecule has 2 aromatic carbocycles. The van der Waals surface area contributed by atoms with E-state index in [1.807, 2.05) is 23.1 Å². The molecule has 0 aromatic heterocycles. The second kappa shape index (κ2) is 10.9. The summed E-state index contributed by atoms with van der Waals surface area (Å²) in [4.78, 5) is 18.1. The predicted molar refractivity (Wildman–Crippen MR) is 148 cm³/mol. The molecule has 2 amide bonds. The molecule has 1 saturated heterocycles. The maximum atomic E-state index is 13.9. The number of amides is 2. The number of rotatable bonds is 7. The van der Waals surface area contributed by atoms with Crippen molar-refractivity contribution in [2.24, 2.45) is 17.8 Å². The molecule has 0 spiro atoms. The van der Waals surface area contributed by atoms with Crippen LogP contribution < -0.4 is 5.32 Å². The monoisotopic (exact) mass is 568 g/mol. The van der Waals surface area contributed by atoms with Crippen LogP contribution in [0.2, 0.25) is 0 Å². The van der Waals surface area contributed by atoms with Gasteiger partial charge in [-0.2, -0.15) is 18.4 Å². The smallest absolute Gasteiger partial charge is 0.321 e. The third-order valence-electron chi connectivity index (χ3n) is 9.88. The molecule has 9 heteroatoms. The van der Waals surface area contributed by atoms with Crippen LogP contribution in [-0.2, 0) is 11.6 Å². The first kappa shape index (κ1) is 28.0. The lowest BCUT2D eigenvalue weighted by Crippen LogP contribution is -2.49. The highest BCUT2D eigenvalue weighted by Crippen LogP contribution is 2.63. The highest BCUT2D eigenvalue weighted by atomic mass is 19.4. The van der Waals surface area contributed by atoms with Gasteiger partial charge in [-0.25, -0.2) is 9.18 Å². The number of halogens is 4. The number of alkyl halides is 3. The van der Waals surface area contributed by atoms with Crippen LogP contribution in [0, 0.1) is 34.9 Å². The van der Waals surface area contributed by atoms with Crippen molar-refractivity contribution in [3.8, 4) is 6.07 Å². The molecule has 5 nitrogen and oxygen atoms in total. The minimum absolute atomic E-state index is 0.0261. The van der Waals surface area contributed by atoms with Gasteiger partial charge in [0.1, 0.15) is 5.82 Å². The second-order valence-corrected chi connectivity index (χ2v) is 12.6. The van der Waals surface area contributed by atoms with E-state index in [0.717, 1.165) is 70.1 Å². The molecule has 1 N–H and O–H groups in total. The molecule has 1 aliphatic heterocycles. The molecule has 3 aliphatic carbocycles. The van der Waals surface area contributed by atoms with Crippen LogP contribution in [0.5, 0.6) is 0 Å². The van der Waals surface area contributed by atoms with Crippen molar-refractivity contribution in [2.45, 2.75) is 69.0 Å². The molecule has 1 unspecified atom stereocenters. The topological polar surface area (TPSA) is 59.4 Å². The van der Waals surface area contributed by atoms with Crippen molar-refractivity contribution < 1.29 is 22.4 Å².